The molecule has 24 heavy (non-hydrogen) atoms. The van der Waals surface area contributed by atoms with Crippen molar-refractivity contribution in [2.75, 3.05) is 5.32 Å². The Morgan fingerprint density at radius 2 is 1.83 bits per heavy atom. The number of carbonyl (C=O) groups is 2. The van der Waals surface area contributed by atoms with Crippen molar-refractivity contribution in [3.8, 4) is 6.07 Å². The molecule has 0 aliphatic carbocycles. The number of nitrogens with one attached hydrogen (secondary N) is 1. The summed E-state index contributed by atoms with van der Waals surface area (Å²) in [5, 5.41) is 11.8. The van der Waals surface area contributed by atoms with Crippen molar-refractivity contribution in [3.05, 3.63) is 63.6 Å². The van der Waals surface area contributed by atoms with Crippen LogP contribution in [0.5, 0.6) is 0 Å². The smallest absolute Gasteiger partial charge is 0.340 e. The third-order valence-corrected chi connectivity index (χ3v) is 3.65. The van der Waals surface area contributed by atoms with Crippen molar-refractivity contribution >= 4 is 40.8 Å². The van der Waals surface area contributed by atoms with Gasteiger partial charge in [-0.2, -0.15) is 5.26 Å². The Labute approximate surface area is 148 Å². The minimum Gasteiger partial charge on any atom is -0.449 e. The predicted octanol–water partition coefficient (Wildman–Crippen LogP) is 4.05. The van der Waals surface area contributed by atoms with E-state index in [0.717, 1.165) is 0 Å². The normalized spacial score (nSPS) is 11.2. The number of ether oxygens (including phenoxy) is 1. The van der Waals surface area contributed by atoms with E-state index < -0.39 is 18.0 Å². The second kappa shape index (κ2) is 7.82. The van der Waals surface area contributed by atoms with Gasteiger partial charge in [-0.1, -0.05) is 23.2 Å². The molecular formula is C17H12Cl2N2O3. The van der Waals surface area contributed by atoms with Crippen molar-refractivity contribution in [2.24, 2.45) is 0 Å². The lowest BCUT2D eigenvalue weighted by Crippen LogP contribution is -2.30. The van der Waals surface area contributed by atoms with E-state index in [2.05, 4.69) is 5.32 Å². The summed E-state index contributed by atoms with van der Waals surface area (Å²) in [5.41, 5.74) is 1.05. The summed E-state index contributed by atoms with van der Waals surface area (Å²) < 4.78 is 5.10. The quantitative estimate of drug-likeness (QED) is 0.832. The van der Waals surface area contributed by atoms with E-state index in [1.54, 1.807) is 30.3 Å². The third-order valence-electron chi connectivity index (χ3n) is 3.08. The van der Waals surface area contributed by atoms with Crippen molar-refractivity contribution in [2.45, 2.75) is 13.0 Å². The van der Waals surface area contributed by atoms with Gasteiger partial charge in [0.25, 0.3) is 5.91 Å². The number of amides is 1. The maximum atomic E-state index is 12.1. The maximum absolute atomic E-state index is 12.1. The minimum atomic E-state index is -1.04. The van der Waals surface area contributed by atoms with Crippen molar-refractivity contribution in [1.29, 1.82) is 5.26 Å². The number of rotatable bonds is 4. The fraction of sp³-hybridized carbons (Fsp3) is 0.118. The molecule has 7 heteroatoms. The molecule has 0 saturated heterocycles. The minimum absolute atomic E-state index is 0.0854. The molecule has 1 atom stereocenters. The summed E-state index contributed by atoms with van der Waals surface area (Å²) in [6.07, 6.45) is -1.04. The van der Waals surface area contributed by atoms with Gasteiger partial charge in [0.1, 0.15) is 0 Å². The third kappa shape index (κ3) is 4.48. The van der Waals surface area contributed by atoms with Crippen LogP contribution in [-0.4, -0.2) is 18.0 Å². The molecule has 0 bridgehead atoms. The molecule has 0 aliphatic heterocycles. The molecule has 2 rings (SSSR count). The van der Waals surface area contributed by atoms with E-state index in [1.807, 2.05) is 6.07 Å². The molecule has 0 spiro atoms. The Morgan fingerprint density at radius 3 is 2.46 bits per heavy atom. The van der Waals surface area contributed by atoms with Gasteiger partial charge in [0, 0.05) is 10.7 Å². The Kier molecular flexibility index (Phi) is 5.80. The Balaban J connectivity index is 2.01. The average molecular weight is 363 g/mol. The number of nitriles is 1. The number of carbonyl (C=O) groups excluding carboxylic acids is 2. The fourth-order valence-corrected chi connectivity index (χ4v) is 2.17. The second-order valence-electron chi connectivity index (χ2n) is 4.85. The highest BCUT2D eigenvalue weighted by molar-refractivity contribution is 6.35. The lowest BCUT2D eigenvalue weighted by Gasteiger charge is -2.14. The van der Waals surface area contributed by atoms with Crippen LogP contribution in [0.25, 0.3) is 0 Å². The average Bonchev–Trinajstić information content (AvgIpc) is 2.57. The van der Waals surface area contributed by atoms with Crippen LogP contribution in [0.1, 0.15) is 22.8 Å². The van der Waals surface area contributed by atoms with Crippen LogP contribution in [-0.2, 0) is 9.53 Å². The fourth-order valence-electron chi connectivity index (χ4n) is 1.80. The number of hydrogen-bond acceptors (Lipinski definition) is 4. The number of nitrogens with zero attached hydrogens (tertiary/aromatic N) is 1. The van der Waals surface area contributed by atoms with Gasteiger partial charge in [0.2, 0.25) is 0 Å². The van der Waals surface area contributed by atoms with Gasteiger partial charge in [-0.3, -0.25) is 4.79 Å². The second-order valence-corrected chi connectivity index (χ2v) is 5.69. The van der Waals surface area contributed by atoms with Crippen LogP contribution >= 0.6 is 23.2 Å². The van der Waals surface area contributed by atoms with Crippen LogP contribution in [0.3, 0.4) is 0 Å². The Hall–Kier alpha value is -2.55. The molecule has 122 valence electrons. The van der Waals surface area contributed by atoms with Crippen LogP contribution in [0.15, 0.2) is 42.5 Å². The summed E-state index contributed by atoms with van der Waals surface area (Å²) in [4.78, 5) is 24.2. The molecular weight excluding hydrogens is 351 g/mol. The number of halogens is 2. The number of anilines is 1. The van der Waals surface area contributed by atoms with E-state index in [9.17, 15) is 9.59 Å². The first-order valence-corrected chi connectivity index (χ1v) is 7.63. The summed E-state index contributed by atoms with van der Waals surface area (Å²) in [6, 6.07) is 12.7. The summed E-state index contributed by atoms with van der Waals surface area (Å²) in [6.45, 7) is 1.44. The molecule has 2 aromatic rings. The van der Waals surface area contributed by atoms with Gasteiger partial charge in [0.05, 0.1) is 22.2 Å². The molecule has 1 N–H and O–H groups in total. The van der Waals surface area contributed by atoms with Gasteiger partial charge in [-0.15, -0.1) is 0 Å². The van der Waals surface area contributed by atoms with Gasteiger partial charge >= 0.3 is 5.97 Å². The molecule has 0 fully saturated rings. The molecule has 5 nitrogen and oxygen atoms in total. The van der Waals surface area contributed by atoms with Gasteiger partial charge < -0.3 is 10.1 Å². The molecule has 1 amide bonds. The first-order valence-electron chi connectivity index (χ1n) is 6.88. The lowest BCUT2D eigenvalue weighted by molar-refractivity contribution is -0.123. The largest absolute Gasteiger partial charge is 0.449 e. The molecule has 0 unspecified atom stereocenters. The van der Waals surface area contributed by atoms with Crippen LogP contribution in [0, 0.1) is 11.3 Å². The maximum Gasteiger partial charge on any atom is 0.340 e. The highest BCUT2D eigenvalue weighted by Crippen LogP contribution is 2.22. The van der Waals surface area contributed by atoms with E-state index in [4.69, 9.17) is 33.2 Å². The van der Waals surface area contributed by atoms with Crippen molar-refractivity contribution < 1.29 is 14.3 Å². The topological polar surface area (TPSA) is 79.2 Å². The van der Waals surface area contributed by atoms with E-state index >= 15 is 0 Å². The zero-order chi connectivity index (χ0) is 17.7. The zero-order valence-corrected chi connectivity index (χ0v) is 14.1. The van der Waals surface area contributed by atoms with Crippen molar-refractivity contribution in [3.63, 3.8) is 0 Å². The standard InChI is InChI=1S/C17H12Cl2N2O3/c1-10(16(22)21-13-5-2-11(9-20)3-6-13)24-17(23)14-8-12(18)4-7-15(14)19/h2-8,10H,1H3,(H,21,22)/t10-/m1/s1. The number of hydrogen-bond donors (Lipinski definition) is 1. The monoisotopic (exact) mass is 362 g/mol. The van der Waals surface area contributed by atoms with Crippen LogP contribution in [0.4, 0.5) is 5.69 Å². The zero-order valence-electron chi connectivity index (χ0n) is 12.5. The Morgan fingerprint density at radius 1 is 1.17 bits per heavy atom. The van der Waals surface area contributed by atoms with Crippen LogP contribution < -0.4 is 5.32 Å². The molecule has 0 heterocycles. The predicted molar refractivity (Wildman–Crippen MR) is 91.1 cm³/mol. The SMILES string of the molecule is C[C@@H](OC(=O)c1cc(Cl)ccc1Cl)C(=O)Nc1ccc(C#N)cc1. The highest BCUT2D eigenvalue weighted by atomic mass is 35.5. The van der Waals surface area contributed by atoms with Crippen molar-refractivity contribution in [1.82, 2.24) is 0 Å². The number of esters is 1. The molecule has 0 radical (unpaired) electrons. The number of benzene rings is 2. The molecule has 0 aliphatic rings. The van der Waals surface area contributed by atoms with Gasteiger partial charge in [0.15, 0.2) is 6.10 Å². The molecule has 0 saturated carbocycles. The summed E-state index contributed by atoms with van der Waals surface area (Å²) in [5.74, 6) is -1.25. The molecule has 2 aromatic carbocycles. The van der Waals surface area contributed by atoms with Crippen LogP contribution in [0.2, 0.25) is 10.0 Å². The summed E-state index contributed by atoms with van der Waals surface area (Å²) in [7, 11) is 0. The van der Waals surface area contributed by atoms with E-state index in [1.165, 1.54) is 19.1 Å². The molecule has 0 aromatic heterocycles. The lowest BCUT2D eigenvalue weighted by atomic mass is 10.2. The van der Waals surface area contributed by atoms with E-state index in [-0.39, 0.29) is 10.6 Å². The van der Waals surface area contributed by atoms with Gasteiger partial charge in [-0.25, -0.2) is 4.79 Å². The highest BCUT2D eigenvalue weighted by Gasteiger charge is 2.21. The van der Waals surface area contributed by atoms with Gasteiger partial charge in [-0.05, 0) is 49.4 Å². The first-order chi connectivity index (χ1) is 11.4. The first kappa shape index (κ1) is 17.8. The summed E-state index contributed by atoms with van der Waals surface area (Å²) >= 11 is 11.7. The van der Waals surface area contributed by atoms with E-state index in [0.29, 0.717) is 16.3 Å². The Bertz CT molecular complexity index is 814.